The number of fused-ring (bicyclic) bond motifs is 1. The third kappa shape index (κ3) is 2.02. The van der Waals surface area contributed by atoms with Gasteiger partial charge >= 0.3 is 0 Å². The summed E-state index contributed by atoms with van der Waals surface area (Å²) in [4.78, 5) is 19.7. The monoisotopic (exact) mass is 241 g/mol. The number of ether oxygens (including phenoxy) is 1. The standard InChI is InChI=1S/C13H11N3O2/c17-13(16-12-5-6-14-8-15-12)11-7-9-3-1-2-4-10(9)18-11/h1-6,8,11H,7H2,(H,14,15,16,17). The Hall–Kier alpha value is -2.43. The van der Waals surface area contributed by atoms with Crippen LogP contribution >= 0.6 is 0 Å². The summed E-state index contributed by atoms with van der Waals surface area (Å²) in [6.45, 7) is 0. The van der Waals surface area contributed by atoms with E-state index < -0.39 is 6.10 Å². The van der Waals surface area contributed by atoms with Crippen molar-refractivity contribution in [2.75, 3.05) is 5.32 Å². The number of rotatable bonds is 2. The Bertz CT molecular complexity index is 546. The van der Waals surface area contributed by atoms with Gasteiger partial charge in [0, 0.05) is 12.6 Å². The third-order valence-electron chi connectivity index (χ3n) is 2.77. The lowest BCUT2D eigenvalue weighted by atomic mass is 10.1. The molecule has 0 fully saturated rings. The van der Waals surface area contributed by atoms with Gasteiger partial charge in [-0.1, -0.05) is 18.2 Å². The van der Waals surface area contributed by atoms with E-state index >= 15 is 0 Å². The van der Waals surface area contributed by atoms with Crippen molar-refractivity contribution in [3.8, 4) is 5.75 Å². The normalized spacial score (nSPS) is 16.8. The lowest BCUT2D eigenvalue weighted by Gasteiger charge is -2.10. The van der Waals surface area contributed by atoms with Crippen LogP contribution in [0.4, 0.5) is 5.82 Å². The molecule has 1 aliphatic heterocycles. The van der Waals surface area contributed by atoms with Crippen LogP contribution in [0.25, 0.3) is 0 Å². The van der Waals surface area contributed by atoms with Crippen LogP contribution in [0.15, 0.2) is 42.9 Å². The lowest BCUT2D eigenvalue weighted by molar-refractivity contribution is -0.122. The van der Waals surface area contributed by atoms with Crippen molar-refractivity contribution in [1.82, 2.24) is 9.97 Å². The fourth-order valence-electron chi connectivity index (χ4n) is 1.90. The molecule has 1 aromatic carbocycles. The Morgan fingerprint density at radius 1 is 1.33 bits per heavy atom. The van der Waals surface area contributed by atoms with Crippen LogP contribution in [-0.2, 0) is 11.2 Å². The molecule has 1 amide bonds. The smallest absolute Gasteiger partial charge is 0.266 e. The van der Waals surface area contributed by atoms with Gasteiger partial charge in [0.25, 0.3) is 5.91 Å². The average molecular weight is 241 g/mol. The molecule has 1 unspecified atom stereocenters. The zero-order valence-electron chi connectivity index (χ0n) is 9.54. The van der Waals surface area contributed by atoms with E-state index in [0.717, 1.165) is 11.3 Å². The summed E-state index contributed by atoms with van der Waals surface area (Å²) in [6, 6.07) is 9.30. The number of nitrogens with one attached hydrogen (secondary N) is 1. The van der Waals surface area contributed by atoms with Gasteiger partial charge in [-0.15, -0.1) is 0 Å². The molecule has 0 bridgehead atoms. The van der Waals surface area contributed by atoms with Crippen LogP contribution < -0.4 is 10.1 Å². The van der Waals surface area contributed by atoms with Crippen molar-refractivity contribution in [2.24, 2.45) is 0 Å². The Labute approximate surface area is 104 Å². The van der Waals surface area contributed by atoms with Gasteiger partial charge in [-0.2, -0.15) is 0 Å². The highest BCUT2D eigenvalue weighted by Crippen LogP contribution is 2.28. The summed E-state index contributed by atoms with van der Waals surface area (Å²) < 4.78 is 5.59. The SMILES string of the molecule is O=C(Nc1ccncn1)C1Cc2ccccc2O1. The minimum atomic E-state index is -0.489. The first kappa shape index (κ1) is 10.7. The molecule has 1 aromatic heterocycles. The van der Waals surface area contributed by atoms with Gasteiger partial charge in [0.15, 0.2) is 6.10 Å². The molecule has 90 valence electrons. The summed E-state index contributed by atoms with van der Waals surface area (Å²) in [5, 5.41) is 2.70. The molecule has 0 aliphatic carbocycles. The average Bonchev–Trinajstić information content (AvgIpc) is 2.84. The Balaban J connectivity index is 1.70. The van der Waals surface area contributed by atoms with Crippen molar-refractivity contribution >= 4 is 11.7 Å². The highest BCUT2D eigenvalue weighted by molar-refractivity contribution is 5.94. The second-order valence-corrected chi connectivity index (χ2v) is 4.00. The molecule has 5 heteroatoms. The van der Waals surface area contributed by atoms with Gasteiger partial charge in [0.05, 0.1) is 0 Å². The van der Waals surface area contributed by atoms with Gasteiger partial charge in [-0.25, -0.2) is 9.97 Å². The molecule has 0 saturated heterocycles. The summed E-state index contributed by atoms with van der Waals surface area (Å²) in [5.41, 5.74) is 1.06. The Kier molecular flexibility index (Phi) is 2.64. The van der Waals surface area contributed by atoms with E-state index in [9.17, 15) is 4.79 Å². The van der Waals surface area contributed by atoms with E-state index in [1.54, 1.807) is 12.3 Å². The van der Waals surface area contributed by atoms with Gasteiger partial charge in [-0.3, -0.25) is 4.79 Å². The van der Waals surface area contributed by atoms with E-state index in [2.05, 4.69) is 15.3 Å². The molecule has 3 rings (SSSR count). The number of hydrogen-bond donors (Lipinski definition) is 1. The highest BCUT2D eigenvalue weighted by Gasteiger charge is 2.28. The quantitative estimate of drug-likeness (QED) is 0.863. The maximum absolute atomic E-state index is 12.0. The van der Waals surface area contributed by atoms with E-state index in [0.29, 0.717) is 12.2 Å². The summed E-state index contributed by atoms with van der Waals surface area (Å²) >= 11 is 0. The number of benzene rings is 1. The van der Waals surface area contributed by atoms with E-state index in [1.165, 1.54) is 6.33 Å². The van der Waals surface area contributed by atoms with Gasteiger partial charge in [-0.05, 0) is 17.7 Å². The van der Waals surface area contributed by atoms with Crippen LogP contribution in [0.5, 0.6) is 5.75 Å². The largest absolute Gasteiger partial charge is 0.480 e. The molecule has 5 nitrogen and oxygen atoms in total. The zero-order chi connectivity index (χ0) is 12.4. The lowest BCUT2D eigenvalue weighted by Crippen LogP contribution is -2.31. The molecule has 1 aliphatic rings. The first-order valence-corrected chi connectivity index (χ1v) is 5.64. The minimum Gasteiger partial charge on any atom is -0.480 e. The number of para-hydroxylation sites is 1. The maximum Gasteiger partial charge on any atom is 0.266 e. The second kappa shape index (κ2) is 4.44. The van der Waals surface area contributed by atoms with Crippen LogP contribution in [0.3, 0.4) is 0 Å². The summed E-state index contributed by atoms with van der Waals surface area (Å²) in [6.07, 6.45) is 3.07. The molecule has 18 heavy (non-hydrogen) atoms. The van der Waals surface area contributed by atoms with Gasteiger partial charge < -0.3 is 10.1 Å². The zero-order valence-corrected chi connectivity index (χ0v) is 9.54. The third-order valence-corrected chi connectivity index (χ3v) is 2.77. The molecule has 1 N–H and O–H groups in total. The van der Waals surface area contributed by atoms with Crippen LogP contribution in [0.1, 0.15) is 5.56 Å². The number of hydrogen-bond acceptors (Lipinski definition) is 4. The predicted molar refractivity (Wildman–Crippen MR) is 65.2 cm³/mol. The van der Waals surface area contributed by atoms with Crippen LogP contribution in [0.2, 0.25) is 0 Å². The molecular formula is C13H11N3O2. The van der Waals surface area contributed by atoms with E-state index in [4.69, 9.17) is 4.74 Å². The Morgan fingerprint density at radius 3 is 3.00 bits per heavy atom. The van der Waals surface area contributed by atoms with Crippen LogP contribution in [-0.4, -0.2) is 22.0 Å². The first-order chi connectivity index (χ1) is 8.83. The maximum atomic E-state index is 12.0. The number of anilines is 1. The van der Waals surface area contributed by atoms with Crippen molar-refractivity contribution < 1.29 is 9.53 Å². The first-order valence-electron chi connectivity index (χ1n) is 5.64. The number of amides is 1. The molecule has 0 radical (unpaired) electrons. The summed E-state index contributed by atoms with van der Waals surface area (Å²) in [7, 11) is 0. The van der Waals surface area contributed by atoms with Gasteiger partial charge in [0.2, 0.25) is 0 Å². The van der Waals surface area contributed by atoms with Crippen molar-refractivity contribution in [2.45, 2.75) is 12.5 Å². The fourth-order valence-corrected chi connectivity index (χ4v) is 1.90. The highest BCUT2D eigenvalue weighted by atomic mass is 16.5. The number of carbonyl (C=O) groups excluding carboxylic acids is 1. The molecule has 0 saturated carbocycles. The second-order valence-electron chi connectivity index (χ2n) is 4.00. The van der Waals surface area contributed by atoms with E-state index in [-0.39, 0.29) is 5.91 Å². The number of nitrogens with zero attached hydrogens (tertiary/aromatic N) is 2. The molecule has 2 heterocycles. The van der Waals surface area contributed by atoms with E-state index in [1.807, 2.05) is 24.3 Å². The molecule has 0 spiro atoms. The Morgan fingerprint density at radius 2 is 2.22 bits per heavy atom. The van der Waals surface area contributed by atoms with Gasteiger partial charge in [0.1, 0.15) is 17.9 Å². The van der Waals surface area contributed by atoms with Crippen molar-refractivity contribution in [1.29, 1.82) is 0 Å². The predicted octanol–water partition coefficient (Wildman–Crippen LogP) is 1.42. The topological polar surface area (TPSA) is 64.1 Å². The van der Waals surface area contributed by atoms with Crippen molar-refractivity contribution in [3.05, 3.63) is 48.4 Å². The molecule has 2 aromatic rings. The molecule has 1 atom stereocenters. The fraction of sp³-hybridized carbons (Fsp3) is 0.154. The number of aromatic nitrogens is 2. The van der Waals surface area contributed by atoms with Crippen molar-refractivity contribution in [3.63, 3.8) is 0 Å². The van der Waals surface area contributed by atoms with Crippen LogP contribution in [0, 0.1) is 0 Å². The summed E-state index contributed by atoms with van der Waals surface area (Å²) in [5.74, 6) is 1.07. The molecular weight excluding hydrogens is 230 g/mol. The minimum absolute atomic E-state index is 0.190. The number of carbonyl (C=O) groups is 1.